The van der Waals surface area contributed by atoms with Crippen LogP contribution in [-0.2, 0) is 0 Å². The Bertz CT molecular complexity index is 321. The summed E-state index contributed by atoms with van der Waals surface area (Å²) < 4.78 is 0. The molecular weight excluding hydrogens is 148 g/mol. The fraction of sp³-hybridized carbons (Fsp3) is 0.300. The first-order valence-electron chi connectivity index (χ1n) is 3.84. The molecule has 0 fully saturated rings. The highest BCUT2D eigenvalue weighted by molar-refractivity contribution is 5.61. The van der Waals surface area contributed by atoms with Gasteiger partial charge >= 0.3 is 0 Å². The molecule has 2 nitrogen and oxygen atoms in total. The van der Waals surface area contributed by atoms with Crippen molar-refractivity contribution in [1.82, 2.24) is 0 Å². The maximum absolute atomic E-state index is 8.87. The molecule has 0 radical (unpaired) electrons. The van der Waals surface area contributed by atoms with Gasteiger partial charge in [0.05, 0.1) is 11.3 Å². The summed E-state index contributed by atoms with van der Waals surface area (Å²) >= 11 is 0. The fourth-order valence-electron chi connectivity index (χ4n) is 1.17. The number of hydrogen-bond donors (Lipinski definition) is 0. The Labute approximate surface area is 73.0 Å². The Hall–Kier alpha value is -1.49. The van der Waals surface area contributed by atoms with Crippen LogP contribution in [0.25, 0.3) is 0 Å². The number of anilines is 1. The van der Waals surface area contributed by atoms with Crippen molar-refractivity contribution in [1.29, 1.82) is 5.26 Å². The number of aryl methyl sites for hydroxylation is 1. The van der Waals surface area contributed by atoms with Crippen molar-refractivity contribution in [3.05, 3.63) is 29.3 Å². The Morgan fingerprint density at radius 1 is 1.33 bits per heavy atom. The quantitative estimate of drug-likeness (QED) is 0.627. The largest absolute Gasteiger partial charge is 0.377 e. The van der Waals surface area contributed by atoms with Crippen LogP contribution in [0.15, 0.2) is 18.2 Å². The monoisotopic (exact) mass is 160 g/mol. The van der Waals surface area contributed by atoms with E-state index in [0.29, 0.717) is 0 Å². The molecule has 0 aliphatic carbocycles. The first kappa shape index (κ1) is 8.61. The highest BCUT2D eigenvalue weighted by Gasteiger charge is 2.04. The van der Waals surface area contributed by atoms with Gasteiger partial charge in [0.1, 0.15) is 6.07 Å². The molecule has 0 aliphatic heterocycles. The molecule has 0 heterocycles. The van der Waals surface area contributed by atoms with Crippen LogP contribution in [0, 0.1) is 18.3 Å². The van der Waals surface area contributed by atoms with Crippen LogP contribution in [-0.4, -0.2) is 14.1 Å². The lowest BCUT2D eigenvalue weighted by Gasteiger charge is -2.14. The molecule has 1 aromatic rings. The van der Waals surface area contributed by atoms with Gasteiger partial charge in [-0.25, -0.2) is 0 Å². The lowest BCUT2D eigenvalue weighted by Crippen LogP contribution is -2.10. The Morgan fingerprint density at radius 2 is 2.00 bits per heavy atom. The molecule has 2 heteroatoms. The van der Waals surface area contributed by atoms with E-state index < -0.39 is 0 Å². The number of hydrogen-bond acceptors (Lipinski definition) is 2. The Kier molecular flexibility index (Phi) is 2.35. The molecule has 0 N–H and O–H groups in total. The van der Waals surface area contributed by atoms with Crippen LogP contribution in [0.1, 0.15) is 11.1 Å². The molecule has 0 saturated heterocycles. The van der Waals surface area contributed by atoms with Gasteiger partial charge in [0, 0.05) is 14.1 Å². The third kappa shape index (κ3) is 1.40. The second-order valence-corrected chi connectivity index (χ2v) is 2.98. The van der Waals surface area contributed by atoms with E-state index in [9.17, 15) is 0 Å². The second kappa shape index (κ2) is 3.27. The van der Waals surface area contributed by atoms with Crippen LogP contribution >= 0.6 is 0 Å². The molecule has 62 valence electrons. The van der Waals surface area contributed by atoms with Crippen LogP contribution < -0.4 is 4.90 Å². The Morgan fingerprint density at radius 3 is 2.42 bits per heavy atom. The van der Waals surface area contributed by atoms with Gasteiger partial charge in [-0.15, -0.1) is 0 Å². The van der Waals surface area contributed by atoms with E-state index in [-0.39, 0.29) is 0 Å². The average molecular weight is 160 g/mol. The standard InChI is InChI=1S/C10H12N2/c1-8-5-4-6-10(12(2)3)9(8)7-11/h4-6H,1-3H3. The molecule has 0 spiro atoms. The summed E-state index contributed by atoms with van der Waals surface area (Å²) in [7, 11) is 3.88. The van der Waals surface area contributed by atoms with Crippen molar-refractivity contribution in [3.63, 3.8) is 0 Å². The van der Waals surface area contributed by atoms with Crippen LogP contribution in [0.4, 0.5) is 5.69 Å². The number of nitrogens with zero attached hydrogens (tertiary/aromatic N) is 2. The average Bonchev–Trinajstić information content (AvgIpc) is 2.03. The minimum absolute atomic E-state index is 0.766. The zero-order valence-corrected chi connectivity index (χ0v) is 7.63. The number of rotatable bonds is 1. The van der Waals surface area contributed by atoms with E-state index in [1.54, 1.807) is 0 Å². The van der Waals surface area contributed by atoms with Crippen LogP contribution in [0.3, 0.4) is 0 Å². The highest BCUT2D eigenvalue weighted by Crippen LogP contribution is 2.20. The summed E-state index contributed by atoms with van der Waals surface area (Å²) in [5.74, 6) is 0. The van der Waals surface area contributed by atoms with E-state index >= 15 is 0 Å². The molecule has 1 aromatic carbocycles. The molecule has 0 aliphatic rings. The van der Waals surface area contributed by atoms with E-state index in [4.69, 9.17) is 5.26 Å². The topological polar surface area (TPSA) is 27.0 Å². The predicted octanol–water partition coefficient (Wildman–Crippen LogP) is 1.93. The molecule has 1 rings (SSSR count). The minimum Gasteiger partial charge on any atom is -0.377 e. The van der Waals surface area contributed by atoms with Crippen molar-refractivity contribution >= 4 is 5.69 Å². The molecule has 0 aromatic heterocycles. The van der Waals surface area contributed by atoms with Crippen molar-refractivity contribution in [2.75, 3.05) is 19.0 Å². The van der Waals surface area contributed by atoms with Crippen molar-refractivity contribution < 1.29 is 0 Å². The first-order chi connectivity index (χ1) is 5.66. The molecule has 12 heavy (non-hydrogen) atoms. The lowest BCUT2D eigenvalue weighted by atomic mass is 10.1. The van der Waals surface area contributed by atoms with E-state index in [2.05, 4.69) is 6.07 Å². The summed E-state index contributed by atoms with van der Waals surface area (Å²) in [5, 5.41) is 8.87. The van der Waals surface area contributed by atoms with Crippen molar-refractivity contribution in [3.8, 4) is 6.07 Å². The lowest BCUT2D eigenvalue weighted by molar-refractivity contribution is 1.12. The van der Waals surface area contributed by atoms with Gasteiger partial charge in [0.15, 0.2) is 0 Å². The smallest absolute Gasteiger partial charge is 0.102 e. The van der Waals surface area contributed by atoms with Gasteiger partial charge < -0.3 is 4.90 Å². The molecule has 0 saturated carbocycles. The summed E-state index contributed by atoms with van der Waals surface area (Å²) in [6.07, 6.45) is 0. The molecule has 0 unspecified atom stereocenters. The summed E-state index contributed by atoms with van der Waals surface area (Å²) in [6, 6.07) is 8.07. The highest BCUT2D eigenvalue weighted by atomic mass is 15.1. The maximum atomic E-state index is 8.87. The van der Waals surface area contributed by atoms with Crippen molar-refractivity contribution in [2.45, 2.75) is 6.92 Å². The number of nitriles is 1. The molecule has 0 amide bonds. The fourth-order valence-corrected chi connectivity index (χ4v) is 1.17. The van der Waals surface area contributed by atoms with Crippen molar-refractivity contribution in [2.24, 2.45) is 0 Å². The number of benzene rings is 1. The minimum atomic E-state index is 0.766. The SMILES string of the molecule is Cc1cccc(N(C)C)c1C#N. The maximum Gasteiger partial charge on any atom is 0.102 e. The molecule has 0 atom stereocenters. The summed E-state index contributed by atoms with van der Waals surface area (Å²) in [5.41, 5.74) is 2.78. The van der Waals surface area contributed by atoms with Gasteiger partial charge in [0.2, 0.25) is 0 Å². The predicted molar refractivity (Wildman–Crippen MR) is 50.2 cm³/mol. The normalized spacial score (nSPS) is 9.17. The first-order valence-corrected chi connectivity index (χ1v) is 3.84. The van der Waals surface area contributed by atoms with E-state index in [1.807, 2.05) is 44.1 Å². The third-order valence-corrected chi connectivity index (χ3v) is 1.84. The van der Waals surface area contributed by atoms with Gasteiger partial charge in [-0.3, -0.25) is 0 Å². The van der Waals surface area contributed by atoms with Gasteiger partial charge in [-0.05, 0) is 18.6 Å². The summed E-state index contributed by atoms with van der Waals surface area (Å²) in [4.78, 5) is 1.95. The van der Waals surface area contributed by atoms with Gasteiger partial charge in [-0.1, -0.05) is 12.1 Å². The van der Waals surface area contributed by atoms with Crippen LogP contribution in [0.2, 0.25) is 0 Å². The van der Waals surface area contributed by atoms with E-state index in [0.717, 1.165) is 16.8 Å². The second-order valence-electron chi connectivity index (χ2n) is 2.98. The zero-order valence-electron chi connectivity index (χ0n) is 7.63. The van der Waals surface area contributed by atoms with Gasteiger partial charge in [-0.2, -0.15) is 5.26 Å². The zero-order chi connectivity index (χ0) is 9.14. The summed E-state index contributed by atoms with van der Waals surface area (Å²) in [6.45, 7) is 1.95. The molecule has 0 bridgehead atoms. The third-order valence-electron chi connectivity index (χ3n) is 1.84. The van der Waals surface area contributed by atoms with E-state index in [1.165, 1.54) is 0 Å². The molecular formula is C10H12N2. The van der Waals surface area contributed by atoms with Crippen LogP contribution in [0.5, 0.6) is 0 Å². The van der Waals surface area contributed by atoms with Gasteiger partial charge in [0.25, 0.3) is 0 Å². The Balaban J connectivity index is 3.30.